The summed E-state index contributed by atoms with van der Waals surface area (Å²) in [6.45, 7) is 8.95. The van der Waals surface area contributed by atoms with E-state index >= 15 is 0 Å². The second kappa shape index (κ2) is 7.86. The Kier molecular flexibility index (Phi) is 5.85. The van der Waals surface area contributed by atoms with Crippen LogP contribution in [0.25, 0.3) is 0 Å². The van der Waals surface area contributed by atoms with Crippen molar-refractivity contribution in [2.45, 2.75) is 33.1 Å². The van der Waals surface area contributed by atoms with Crippen LogP contribution >= 0.6 is 0 Å². The zero-order valence-corrected chi connectivity index (χ0v) is 14.8. The van der Waals surface area contributed by atoms with Gasteiger partial charge in [-0.3, -0.25) is 4.79 Å². The summed E-state index contributed by atoms with van der Waals surface area (Å²) in [5.74, 6) is 1.29. The highest BCUT2D eigenvalue weighted by Gasteiger charge is 2.14. The number of ether oxygens (including phenoxy) is 2. The molecule has 1 amide bonds. The molecule has 2 rings (SSSR count). The number of carbonyl (C=O) groups excluding carboxylic acids is 1. The van der Waals surface area contributed by atoms with Gasteiger partial charge in [0.05, 0.1) is 6.61 Å². The Morgan fingerprint density at radius 1 is 1.00 bits per heavy atom. The van der Waals surface area contributed by atoms with Gasteiger partial charge in [-0.05, 0) is 54.3 Å². The number of benzene rings is 2. The normalized spacial score (nSPS) is 11.0. The maximum Gasteiger partial charge on any atom is 0.262 e. The van der Waals surface area contributed by atoms with Crippen LogP contribution in [0, 0.1) is 0 Å². The smallest absolute Gasteiger partial charge is 0.262 e. The predicted octanol–water partition coefficient (Wildman–Crippen LogP) is 4.40. The van der Waals surface area contributed by atoms with E-state index in [1.807, 2.05) is 49.4 Å². The van der Waals surface area contributed by atoms with Gasteiger partial charge < -0.3 is 14.8 Å². The lowest BCUT2D eigenvalue weighted by atomic mass is 9.87. The molecule has 128 valence electrons. The summed E-state index contributed by atoms with van der Waals surface area (Å²) < 4.78 is 11.0. The van der Waals surface area contributed by atoms with Crippen molar-refractivity contribution in [3.8, 4) is 11.5 Å². The molecule has 0 fully saturated rings. The number of hydrogen-bond acceptors (Lipinski definition) is 3. The van der Waals surface area contributed by atoms with Crippen molar-refractivity contribution >= 4 is 11.6 Å². The van der Waals surface area contributed by atoms with E-state index in [9.17, 15) is 4.79 Å². The van der Waals surface area contributed by atoms with E-state index < -0.39 is 0 Å². The number of rotatable bonds is 6. The molecule has 0 atom stereocenters. The molecule has 0 spiro atoms. The van der Waals surface area contributed by atoms with Crippen LogP contribution in [-0.2, 0) is 10.2 Å². The van der Waals surface area contributed by atoms with Crippen molar-refractivity contribution in [3.63, 3.8) is 0 Å². The molecule has 0 aliphatic heterocycles. The van der Waals surface area contributed by atoms with Gasteiger partial charge >= 0.3 is 0 Å². The van der Waals surface area contributed by atoms with Gasteiger partial charge in [-0.1, -0.05) is 32.9 Å². The highest BCUT2D eigenvalue weighted by Crippen LogP contribution is 2.25. The largest absolute Gasteiger partial charge is 0.494 e. The maximum absolute atomic E-state index is 12.0. The van der Waals surface area contributed by atoms with E-state index in [1.54, 1.807) is 0 Å². The van der Waals surface area contributed by atoms with Crippen molar-refractivity contribution < 1.29 is 14.3 Å². The van der Waals surface area contributed by atoms with E-state index in [4.69, 9.17) is 9.47 Å². The summed E-state index contributed by atoms with van der Waals surface area (Å²) in [6.07, 6.45) is 0. The third kappa shape index (κ3) is 5.30. The minimum absolute atomic E-state index is 0.0270. The van der Waals surface area contributed by atoms with Crippen LogP contribution in [-0.4, -0.2) is 19.1 Å². The Balaban J connectivity index is 1.89. The topological polar surface area (TPSA) is 47.6 Å². The minimum atomic E-state index is -0.194. The molecule has 2 aromatic rings. The van der Waals surface area contributed by atoms with Gasteiger partial charge in [0, 0.05) is 5.69 Å². The number of amides is 1. The maximum atomic E-state index is 12.0. The molecule has 0 unspecified atom stereocenters. The number of anilines is 1. The standard InChI is InChI=1S/C20H25NO3/c1-5-23-17-11-9-16(10-12-17)21-19(22)14-24-18-8-6-7-15(13-18)20(2,3)4/h6-13H,5,14H2,1-4H3,(H,21,22). The molecule has 0 bridgehead atoms. The summed E-state index contributed by atoms with van der Waals surface area (Å²) >= 11 is 0. The molecule has 24 heavy (non-hydrogen) atoms. The van der Waals surface area contributed by atoms with Crippen molar-refractivity contribution in [2.75, 3.05) is 18.5 Å². The zero-order valence-electron chi connectivity index (χ0n) is 14.8. The van der Waals surface area contributed by atoms with Gasteiger partial charge in [0.15, 0.2) is 6.61 Å². The van der Waals surface area contributed by atoms with Crippen LogP contribution in [0.15, 0.2) is 48.5 Å². The Bertz CT molecular complexity index is 672. The van der Waals surface area contributed by atoms with Crippen molar-refractivity contribution in [1.29, 1.82) is 0 Å². The van der Waals surface area contributed by atoms with Gasteiger partial charge in [-0.25, -0.2) is 0 Å². The van der Waals surface area contributed by atoms with Gasteiger partial charge in [0.1, 0.15) is 11.5 Å². The Morgan fingerprint density at radius 2 is 1.71 bits per heavy atom. The monoisotopic (exact) mass is 327 g/mol. The predicted molar refractivity (Wildman–Crippen MR) is 96.9 cm³/mol. The third-order valence-corrected chi connectivity index (χ3v) is 3.52. The van der Waals surface area contributed by atoms with E-state index in [0.29, 0.717) is 12.4 Å². The minimum Gasteiger partial charge on any atom is -0.494 e. The molecule has 4 heteroatoms. The summed E-state index contributed by atoms with van der Waals surface area (Å²) in [5.41, 5.74) is 1.94. The summed E-state index contributed by atoms with van der Waals surface area (Å²) in [7, 11) is 0. The van der Waals surface area contributed by atoms with Crippen LogP contribution < -0.4 is 14.8 Å². The fourth-order valence-corrected chi connectivity index (χ4v) is 2.20. The quantitative estimate of drug-likeness (QED) is 0.855. The lowest BCUT2D eigenvalue weighted by Gasteiger charge is -2.19. The van der Waals surface area contributed by atoms with Crippen LogP contribution in [0.4, 0.5) is 5.69 Å². The third-order valence-electron chi connectivity index (χ3n) is 3.52. The number of carbonyl (C=O) groups is 1. The molecule has 2 aromatic carbocycles. The first kappa shape index (κ1) is 17.9. The second-order valence-corrected chi connectivity index (χ2v) is 6.57. The zero-order chi connectivity index (χ0) is 17.6. The first-order valence-electron chi connectivity index (χ1n) is 8.14. The molecular weight excluding hydrogens is 302 g/mol. The molecule has 0 aliphatic carbocycles. The van der Waals surface area contributed by atoms with Gasteiger partial charge in [0.25, 0.3) is 5.91 Å². The first-order chi connectivity index (χ1) is 11.4. The SMILES string of the molecule is CCOc1ccc(NC(=O)COc2cccc(C(C)(C)C)c2)cc1. The molecule has 1 N–H and O–H groups in total. The van der Waals surface area contributed by atoms with E-state index in [-0.39, 0.29) is 17.9 Å². The first-order valence-corrected chi connectivity index (χ1v) is 8.14. The average Bonchev–Trinajstić information content (AvgIpc) is 2.55. The average molecular weight is 327 g/mol. The molecule has 4 nitrogen and oxygen atoms in total. The van der Waals surface area contributed by atoms with Crippen LogP contribution in [0.2, 0.25) is 0 Å². The summed E-state index contributed by atoms with van der Waals surface area (Å²) in [4.78, 5) is 12.0. The number of hydrogen-bond donors (Lipinski definition) is 1. The molecule has 0 aromatic heterocycles. The van der Waals surface area contributed by atoms with Crippen molar-refractivity contribution in [3.05, 3.63) is 54.1 Å². The van der Waals surface area contributed by atoms with Gasteiger partial charge in [-0.15, -0.1) is 0 Å². The lowest BCUT2D eigenvalue weighted by molar-refractivity contribution is -0.118. The molecule has 0 radical (unpaired) electrons. The fourth-order valence-electron chi connectivity index (χ4n) is 2.20. The fraction of sp³-hybridized carbons (Fsp3) is 0.350. The van der Waals surface area contributed by atoms with Gasteiger partial charge in [0.2, 0.25) is 0 Å². The lowest BCUT2D eigenvalue weighted by Crippen LogP contribution is -2.20. The highest BCUT2D eigenvalue weighted by molar-refractivity contribution is 5.91. The molecule has 0 aliphatic rings. The van der Waals surface area contributed by atoms with Gasteiger partial charge in [-0.2, -0.15) is 0 Å². The van der Waals surface area contributed by atoms with Crippen molar-refractivity contribution in [1.82, 2.24) is 0 Å². The van der Waals surface area contributed by atoms with Crippen molar-refractivity contribution in [2.24, 2.45) is 0 Å². The molecule has 0 heterocycles. The Hall–Kier alpha value is -2.49. The van der Waals surface area contributed by atoms with Crippen LogP contribution in [0.1, 0.15) is 33.3 Å². The van der Waals surface area contributed by atoms with E-state index in [2.05, 4.69) is 32.2 Å². The van der Waals surface area contributed by atoms with E-state index in [1.165, 1.54) is 5.56 Å². The highest BCUT2D eigenvalue weighted by atomic mass is 16.5. The molecule has 0 saturated heterocycles. The Labute approximate surface area is 143 Å². The summed E-state index contributed by atoms with van der Waals surface area (Å²) in [5, 5.41) is 2.81. The summed E-state index contributed by atoms with van der Waals surface area (Å²) in [6, 6.07) is 15.1. The van der Waals surface area contributed by atoms with Crippen LogP contribution in [0.3, 0.4) is 0 Å². The van der Waals surface area contributed by atoms with E-state index in [0.717, 1.165) is 11.4 Å². The molecule has 0 saturated carbocycles. The second-order valence-electron chi connectivity index (χ2n) is 6.57. The Morgan fingerprint density at radius 3 is 2.33 bits per heavy atom. The van der Waals surface area contributed by atoms with Crippen LogP contribution in [0.5, 0.6) is 11.5 Å². The molecular formula is C20H25NO3. The number of nitrogens with one attached hydrogen (secondary N) is 1.